The lowest BCUT2D eigenvalue weighted by Crippen LogP contribution is -2.31. The minimum atomic E-state index is -0.0320. The normalized spacial score (nSPS) is 21.6. The van der Waals surface area contributed by atoms with Crippen LogP contribution >= 0.6 is 0 Å². The van der Waals surface area contributed by atoms with Crippen molar-refractivity contribution in [1.29, 1.82) is 0 Å². The van der Waals surface area contributed by atoms with Crippen molar-refractivity contribution < 1.29 is 4.79 Å². The van der Waals surface area contributed by atoms with Crippen molar-refractivity contribution in [3.63, 3.8) is 0 Å². The molecule has 1 aromatic carbocycles. The molecule has 17 heavy (non-hydrogen) atoms. The Morgan fingerprint density at radius 1 is 1.35 bits per heavy atom. The molecule has 0 aliphatic carbocycles. The lowest BCUT2D eigenvalue weighted by Gasteiger charge is -2.19. The maximum absolute atomic E-state index is 11.2. The molecule has 3 rings (SSSR count). The maximum Gasteiger partial charge on any atom is 0.240 e. The van der Waals surface area contributed by atoms with E-state index in [2.05, 4.69) is 20.8 Å². The van der Waals surface area contributed by atoms with Crippen LogP contribution in [-0.4, -0.2) is 18.0 Å². The molecule has 1 unspecified atom stereocenters. The van der Waals surface area contributed by atoms with E-state index in [1.165, 1.54) is 0 Å². The summed E-state index contributed by atoms with van der Waals surface area (Å²) in [6.45, 7) is 2.00. The number of amides is 1. The fourth-order valence-corrected chi connectivity index (χ4v) is 2.05. The van der Waals surface area contributed by atoms with Gasteiger partial charge in [0.2, 0.25) is 5.91 Å². The molecule has 0 saturated heterocycles. The van der Waals surface area contributed by atoms with E-state index in [1.807, 2.05) is 25.1 Å². The topological polar surface area (TPSA) is 67.9 Å². The van der Waals surface area contributed by atoms with Crippen molar-refractivity contribution in [3.8, 4) is 0 Å². The van der Waals surface area contributed by atoms with Crippen LogP contribution in [0.4, 0.5) is 11.4 Å². The van der Waals surface area contributed by atoms with E-state index < -0.39 is 0 Å². The van der Waals surface area contributed by atoms with Crippen LogP contribution in [0.1, 0.15) is 18.9 Å². The first-order chi connectivity index (χ1) is 8.24. The number of hydrogen-bond donors (Lipinski definition) is 1. The largest absolute Gasteiger partial charge is 0.273 e. The van der Waals surface area contributed by atoms with Gasteiger partial charge in [0.1, 0.15) is 6.34 Å². The number of aliphatic imine (C=N–C) groups is 1. The van der Waals surface area contributed by atoms with Crippen LogP contribution in [0.25, 0.3) is 0 Å². The lowest BCUT2D eigenvalue weighted by molar-refractivity contribution is -0.121. The van der Waals surface area contributed by atoms with E-state index in [1.54, 1.807) is 6.34 Å². The average Bonchev–Trinajstić information content (AvgIpc) is 2.75. The van der Waals surface area contributed by atoms with Gasteiger partial charge in [0, 0.05) is 17.9 Å². The second kappa shape index (κ2) is 3.69. The smallest absolute Gasteiger partial charge is 0.240 e. The van der Waals surface area contributed by atoms with Crippen LogP contribution < -0.4 is 10.7 Å². The Balaban J connectivity index is 1.99. The van der Waals surface area contributed by atoms with E-state index in [9.17, 15) is 4.79 Å². The van der Waals surface area contributed by atoms with Crippen LogP contribution in [0.5, 0.6) is 0 Å². The average molecular weight is 227 g/mol. The molecular formula is C12H11N4O. The third-order valence-corrected chi connectivity index (χ3v) is 2.92. The summed E-state index contributed by atoms with van der Waals surface area (Å²) in [6, 6.07) is 5.84. The first-order valence-electron chi connectivity index (χ1n) is 5.48. The van der Waals surface area contributed by atoms with Crippen LogP contribution in [0.15, 0.2) is 28.3 Å². The Labute approximate surface area is 98.6 Å². The number of nitrogens with one attached hydrogen (secondary N) is 1. The third-order valence-electron chi connectivity index (χ3n) is 2.92. The van der Waals surface area contributed by atoms with Crippen LogP contribution in [0.3, 0.4) is 0 Å². The van der Waals surface area contributed by atoms with Crippen molar-refractivity contribution in [2.24, 2.45) is 16.0 Å². The van der Waals surface area contributed by atoms with E-state index in [4.69, 9.17) is 0 Å². The molecule has 5 nitrogen and oxygen atoms in total. The lowest BCUT2D eigenvalue weighted by atomic mass is 9.94. The van der Waals surface area contributed by atoms with Gasteiger partial charge in [-0.25, -0.2) is 15.7 Å². The molecule has 0 fully saturated rings. The minimum absolute atomic E-state index is 0.0320. The van der Waals surface area contributed by atoms with Crippen LogP contribution in [0.2, 0.25) is 0 Å². The number of hydrazone groups is 1. The van der Waals surface area contributed by atoms with E-state index in [-0.39, 0.29) is 11.8 Å². The summed E-state index contributed by atoms with van der Waals surface area (Å²) >= 11 is 0. The Morgan fingerprint density at radius 2 is 2.24 bits per heavy atom. The number of hydrogen-bond acceptors (Lipinski definition) is 3. The Kier molecular flexibility index (Phi) is 2.18. The van der Waals surface area contributed by atoms with Gasteiger partial charge in [-0.3, -0.25) is 4.79 Å². The number of carbonyl (C=O) groups is 1. The molecule has 2 aliphatic rings. The highest BCUT2D eigenvalue weighted by molar-refractivity contribution is 6.06. The molecule has 1 N–H and O–H groups in total. The van der Waals surface area contributed by atoms with Crippen molar-refractivity contribution in [3.05, 3.63) is 23.8 Å². The van der Waals surface area contributed by atoms with Crippen LogP contribution in [0, 0.1) is 5.92 Å². The summed E-state index contributed by atoms with van der Waals surface area (Å²) in [5, 5.41) is 8.24. The minimum Gasteiger partial charge on any atom is -0.273 e. The highest BCUT2D eigenvalue weighted by Gasteiger charge is 2.22. The standard InChI is InChI=1S/C12H11N4O/c1-7-4-11(17)15-16-12(7)8-2-3-9-10(5-8)14-6-13-9/h2-3,5-7H,4H2,1H3,(H,15,17). The molecule has 2 heterocycles. The second-order valence-electron chi connectivity index (χ2n) is 4.21. The van der Waals surface area contributed by atoms with E-state index in [0.717, 1.165) is 22.6 Å². The second-order valence-corrected chi connectivity index (χ2v) is 4.21. The van der Waals surface area contributed by atoms with Gasteiger partial charge in [0.15, 0.2) is 0 Å². The van der Waals surface area contributed by atoms with Gasteiger partial charge in [-0.15, -0.1) is 0 Å². The quantitative estimate of drug-likeness (QED) is 0.775. The predicted octanol–water partition coefficient (Wildman–Crippen LogP) is 1.46. The molecule has 2 aliphatic heterocycles. The first kappa shape index (κ1) is 10.0. The highest BCUT2D eigenvalue weighted by Crippen LogP contribution is 2.30. The zero-order valence-electron chi connectivity index (χ0n) is 9.34. The molecule has 85 valence electrons. The monoisotopic (exact) mass is 227 g/mol. The molecule has 0 spiro atoms. The first-order valence-corrected chi connectivity index (χ1v) is 5.48. The van der Waals surface area contributed by atoms with Crippen molar-refractivity contribution >= 4 is 29.3 Å². The summed E-state index contributed by atoms with van der Waals surface area (Å²) in [6.07, 6.45) is 2.02. The van der Waals surface area contributed by atoms with Gasteiger partial charge in [-0.05, 0) is 12.1 Å². The van der Waals surface area contributed by atoms with Gasteiger partial charge < -0.3 is 0 Å². The molecule has 1 aromatic rings. The van der Waals surface area contributed by atoms with Crippen LogP contribution in [-0.2, 0) is 4.79 Å². The molecule has 1 atom stereocenters. The Morgan fingerprint density at radius 3 is 3.06 bits per heavy atom. The predicted molar refractivity (Wildman–Crippen MR) is 64.8 cm³/mol. The Hall–Kier alpha value is -2.17. The maximum atomic E-state index is 11.2. The van der Waals surface area contributed by atoms with E-state index >= 15 is 0 Å². The number of fused-ring (bicyclic) bond motifs is 1. The molecule has 0 saturated carbocycles. The highest BCUT2D eigenvalue weighted by atomic mass is 16.2. The molecular weight excluding hydrogens is 216 g/mol. The number of rotatable bonds is 1. The van der Waals surface area contributed by atoms with E-state index in [0.29, 0.717) is 6.42 Å². The van der Waals surface area contributed by atoms with Gasteiger partial charge in [0.25, 0.3) is 0 Å². The zero-order chi connectivity index (χ0) is 11.8. The summed E-state index contributed by atoms with van der Waals surface area (Å²) in [5.41, 5.74) is 6.14. The molecule has 0 aromatic heterocycles. The SMILES string of the molecule is CC1CC(=O)NN=C1c1ccc2c(c1)N=C[N]2. The zero-order valence-corrected chi connectivity index (χ0v) is 9.34. The number of nitrogens with zero attached hydrogens (tertiary/aromatic N) is 3. The summed E-state index contributed by atoms with van der Waals surface area (Å²) in [4.78, 5) is 15.3. The molecule has 5 heteroatoms. The van der Waals surface area contributed by atoms with Crippen molar-refractivity contribution in [2.75, 3.05) is 0 Å². The summed E-state index contributed by atoms with van der Waals surface area (Å²) in [7, 11) is 0. The third kappa shape index (κ3) is 1.69. The fourth-order valence-electron chi connectivity index (χ4n) is 2.05. The van der Waals surface area contributed by atoms with Crippen molar-refractivity contribution in [1.82, 2.24) is 10.7 Å². The van der Waals surface area contributed by atoms with Crippen molar-refractivity contribution in [2.45, 2.75) is 13.3 Å². The summed E-state index contributed by atoms with van der Waals surface area (Å²) < 4.78 is 0. The van der Waals surface area contributed by atoms with Gasteiger partial charge in [-0.2, -0.15) is 5.10 Å². The fraction of sp³-hybridized carbons (Fsp3) is 0.250. The number of benzene rings is 1. The van der Waals surface area contributed by atoms with Gasteiger partial charge in [-0.1, -0.05) is 13.0 Å². The summed E-state index contributed by atoms with van der Waals surface area (Å²) in [5.74, 6) is 0.0968. The molecule has 1 radical (unpaired) electrons. The molecule has 1 amide bonds. The van der Waals surface area contributed by atoms with Gasteiger partial charge in [0.05, 0.1) is 17.1 Å². The Bertz CT molecular complexity index is 547. The molecule has 0 bridgehead atoms. The van der Waals surface area contributed by atoms with Gasteiger partial charge >= 0.3 is 0 Å². The number of carbonyl (C=O) groups excluding carboxylic acids is 1.